The number of hydrazine groups is 1. The molecule has 0 aliphatic carbocycles. The van der Waals surface area contributed by atoms with Crippen molar-refractivity contribution in [2.24, 2.45) is 0 Å². The summed E-state index contributed by atoms with van der Waals surface area (Å²) in [6.45, 7) is 0. The van der Waals surface area contributed by atoms with Gasteiger partial charge >= 0.3 is 7.82 Å². The lowest BCUT2D eigenvalue weighted by Crippen LogP contribution is -2.34. The Morgan fingerprint density at radius 2 is 1.82 bits per heavy atom. The van der Waals surface area contributed by atoms with Crippen LogP contribution in [0.4, 0.5) is 5.69 Å². The molecular weight excluding hydrogens is 251 g/mol. The standard InChI is InChI=1S/C8H9N2O6P/c1-12-7-4-3-6(5-8(7)13-2)9-10-15-17(11,14-9)16-10/h3-5H,1-2H3. The Kier molecular flexibility index (Phi) is 2.29. The van der Waals surface area contributed by atoms with E-state index in [0.29, 0.717) is 17.2 Å². The van der Waals surface area contributed by atoms with E-state index in [9.17, 15) is 4.57 Å². The number of benzene rings is 1. The maximum absolute atomic E-state index is 11.3. The van der Waals surface area contributed by atoms with E-state index < -0.39 is 7.82 Å². The summed E-state index contributed by atoms with van der Waals surface area (Å²) in [4.78, 5) is 0. The maximum atomic E-state index is 11.3. The third-order valence-corrected chi connectivity index (χ3v) is 3.29. The first kappa shape index (κ1) is 10.8. The van der Waals surface area contributed by atoms with E-state index in [1.165, 1.54) is 14.2 Å². The predicted octanol–water partition coefficient (Wildman–Crippen LogP) is 1.66. The highest BCUT2D eigenvalue weighted by Gasteiger charge is 2.60. The van der Waals surface area contributed by atoms with Crippen molar-refractivity contribution < 1.29 is 27.9 Å². The highest BCUT2D eigenvalue weighted by atomic mass is 31.2. The minimum atomic E-state index is -3.38. The Morgan fingerprint density at radius 3 is 2.35 bits per heavy atom. The summed E-state index contributed by atoms with van der Waals surface area (Å²) >= 11 is 0. The average molecular weight is 260 g/mol. The van der Waals surface area contributed by atoms with Crippen LogP contribution in [0, 0.1) is 0 Å². The van der Waals surface area contributed by atoms with Crippen molar-refractivity contribution in [1.82, 2.24) is 5.34 Å². The molecule has 9 heteroatoms. The van der Waals surface area contributed by atoms with Gasteiger partial charge in [-0.2, -0.15) is 0 Å². The summed E-state index contributed by atoms with van der Waals surface area (Å²) in [5.41, 5.74) is 0.540. The molecule has 0 saturated carbocycles. The smallest absolute Gasteiger partial charge is 0.493 e. The second-order valence-corrected chi connectivity index (χ2v) is 4.63. The van der Waals surface area contributed by atoms with Gasteiger partial charge in [-0.05, 0) is 12.1 Å². The molecule has 3 aliphatic rings. The van der Waals surface area contributed by atoms with Crippen LogP contribution in [0.25, 0.3) is 0 Å². The van der Waals surface area contributed by atoms with E-state index >= 15 is 0 Å². The number of rotatable bonds is 3. The first-order valence-corrected chi connectivity index (χ1v) is 6.12. The SMILES string of the molecule is COc1ccc(N2OP3(=O)ON2O3)cc1OC. The van der Waals surface area contributed by atoms with Gasteiger partial charge in [0.2, 0.25) is 0 Å². The molecule has 8 nitrogen and oxygen atoms in total. The zero-order chi connectivity index (χ0) is 12.0. The summed E-state index contributed by atoms with van der Waals surface area (Å²) < 4.78 is 36.0. The van der Waals surface area contributed by atoms with Crippen LogP contribution >= 0.6 is 7.82 Å². The molecule has 3 fully saturated rings. The number of hydrogen-bond acceptors (Lipinski definition) is 8. The van der Waals surface area contributed by atoms with E-state index in [-0.39, 0.29) is 0 Å². The van der Waals surface area contributed by atoms with Gasteiger partial charge in [-0.25, -0.2) is 4.57 Å². The van der Waals surface area contributed by atoms with Crippen molar-refractivity contribution in [2.75, 3.05) is 19.4 Å². The first-order valence-electron chi connectivity index (χ1n) is 4.66. The second-order valence-electron chi connectivity index (χ2n) is 3.24. The van der Waals surface area contributed by atoms with Gasteiger partial charge in [-0.1, -0.05) is 0 Å². The van der Waals surface area contributed by atoms with Gasteiger partial charge in [0, 0.05) is 6.07 Å². The van der Waals surface area contributed by atoms with E-state index in [2.05, 4.69) is 0 Å². The Balaban J connectivity index is 1.92. The molecule has 92 valence electrons. The van der Waals surface area contributed by atoms with Gasteiger partial charge in [0.15, 0.2) is 11.5 Å². The summed E-state index contributed by atoms with van der Waals surface area (Å²) in [7, 11) is -0.332. The van der Waals surface area contributed by atoms with Crippen LogP contribution in [0.2, 0.25) is 0 Å². The Morgan fingerprint density at radius 1 is 1.12 bits per heavy atom. The van der Waals surface area contributed by atoms with Crippen molar-refractivity contribution in [3.05, 3.63) is 18.2 Å². The van der Waals surface area contributed by atoms with Crippen molar-refractivity contribution in [3.63, 3.8) is 0 Å². The maximum Gasteiger partial charge on any atom is 0.538 e. The molecule has 0 aromatic heterocycles. The van der Waals surface area contributed by atoms with Crippen molar-refractivity contribution in [1.29, 1.82) is 0 Å². The molecular formula is C8H9N2O6P. The fourth-order valence-electron chi connectivity index (χ4n) is 1.48. The van der Waals surface area contributed by atoms with Gasteiger partial charge in [0.25, 0.3) is 0 Å². The van der Waals surface area contributed by atoms with Gasteiger partial charge < -0.3 is 9.47 Å². The molecule has 3 heterocycles. The Labute approximate surface area is 96.6 Å². The van der Waals surface area contributed by atoms with E-state index in [1.807, 2.05) is 0 Å². The van der Waals surface area contributed by atoms with Crippen LogP contribution in [0.5, 0.6) is 11.5 Å². The molecule has 0 unspecified atom stereocenters. The molecule has 1 aromatic rings. The molecule has 2 bridgehead atoms. The number of ether oxygens (including phenoxy) is 2. The van der Waals surface area contributed by atoms with Crippen LogP contribution < -0.4 is 14.6 Å². The molecule has 0 N–H and O–H groups in total. The van der Waals surface area contributed by atoms with Crippen LogP contribution in [0.1, 0.15) is 0 Å². The van der Waals surface area contributed by atoms with Crippen LogP contribution in [-0.2, 0) is 18.4 Å². The topological polar surface area (TPSA) is 69.7 Å². The quantitative estimate of drug-likeness (QED) is 0.760. The molecule has 17 heavy (non-hydrogen) atoms. The lowest BCUT2D eigenvalue weighted by Gasteiger charge is -2.21. The van der Waals surface area contributed by atoms with E-state index in [1.54, 1.807) is 18.2 Å². The zero-order valence-corrected chi connectivity index (χ0v) is 9.92. The first-order chi connectivity index (χ1) is 8.15. The van der Waals surface area contributed by atoms with Crippen molar-refractivity contribution >= 4 is 13.5 Å². The zero-order valence-electron chi connectivity index (χ0n) is 9.02. The fraction of sp³-hybridized carbons (Fsp3) is 0.250. The molecule has 0 atom stereocenters. The second kappa shape index (κ2) is 3.59. The fourth-order valence-corrected chi connectivity index (χ4v) is 2.37. The lowest BCUT2D eigenvalue weighted by atomic mass is 10.3. The summed E-state index contributed by atoms with van der Waals surface area (Å²) in [5, 5.41) is 2.02. The summed E-state index contributed by atoms with van der Waals surface area (Å²) in [5.74, 6) is 1.09. The molecule has 0 amide bonds. The summed E-state index contributed by atoms with van der Waals surface area (Å²) in [6, 6.07) is 5.01. The minimum Gasteiger partial charge on any atom is -0.493 e. The monoisotopic (exact) mass is 260 g/mol. The molecule has 4 rings (SSSR count). The largest absolute Gasteiger partial charge is 0.538 e. The third-order valence-electron chi connectivity index (χ3n) is 2.25. The van der Waals surface area contributed by atoms with Gasteiger partial charge in [-0.15, -0.1) is 19.0 Å². The molecule has 1 aromatic carbocycles. The van der Waals surface area contributed by atoms with E-state index in [4.69, 9.17) is 23.3 Å². The number of anilines is 1. The van der Waals surface area contributed by atoms with Crippen molar-refractivity contribution in [2.45, 2.75) is 0 Å². The van der Waals surface area contributed by atoms with Gasteiger partial charge in [-0.3, -0.25) is 0 Å². The number of nitrogens with zero attached hydrogens (tertiary/aromatic N) is 2. The minimum absolute atomic E-state index is 0.511. The number of phosphoric acid groups is 1. The molecule has 0 radical (unpaired) electrons. The summed E-state index contributed by atoms with van der Waals surface area (Å²) in [6.07, 6.45) is 0. The number of fused-ring (bicyclic) bond motifs is 1. The number of methoxy groups -OCH3 is 2. The average Bonchev–Trinajstić information content (AvgIpc) is 2.81. The Bertz CT molecular complexity index is 499. The van der Waals surface area contributed by atoms with E-state index in [0.717, 1.165) is 10.5 Å². The lowest BCUT2D eigenvalue weighted by molar-refractivity contribution is -0.318. The van der Waals surface area contributed by atoms with Gasteiger partial charge in [0.05, 0.1) is 25.2 Å². The highest BCUT2D eigenvalue weighted by Crippen LogP contribution is 2.67. The molecule has 3 saturated heterocycles. The van der Waals surface area contributed by atoms with Crippen LogP contribution in [-0.4, -0.2) is 19.6 Å². The number of hydrogen-bond donors (Lipinski definition) is 0. The van der Waals surface area contributed by atoms with Crippen LogP contribution in [0.3, 0.4) is 0 Å². The molecule has 0 spiro atoms. The normalized spacial score (nSPS) is 30.0. The van der Waals surface area contributed by atoms with Crippen LogP contribution in [0.15, 0.2) is 18.2 Å². The van der Waals surface area contributed by atoms with Crippen molar-refractivity contribution in [3.8, 4) is 11.5 Å². The molecule has 3 aliphatic heterocycles. The predicted molar refractivity (Wildman–Crippen MR) is 54.7 cm³/mol. The highest BCUT2D eigenvalue weighted by molar-refractivity contribution is 7.49. The Hall–Kier alpha value is -1.31. The third kappa shape index (κ3) is 1.58. The van der Waals surface area contributed by atoms with Gasteiger partial charge in [0.1, 0.15) is 0 Å².